The van der Waals surface area contributed by atoms with Crippen molar-refractivity contribution in [3.8, 4) is 0 Å². The lowest BCUT2D eigenvalue weighted by atomic mass is 10.2. The number of rotatable bonds is 5. The van der Waals surface area contributed by atoms with Crippen LogP contribution in [0.1, 0.15) is 34.7 Å². The zero-order valence-electron chi connectivity index (χ0n) is 9.26. The van der Waals surface area contributed by atoms with Gasteiger partial charge >= 0.3 is 0 Å². The van der Waals surface area contributed by atoms with Crippen molar-refractivity contribution in [2.75, 3.05) is 6.54 Å². The second kappa shape index (κ2) is 5.32. The van der Waals surface area contributed by atoms with Crippen LogP contribution >= 0.6 is 11.3 Å². The Balaban J connectivity index is 2.73. The normalized spacial score (nSPS) is 12.8. The third kappa shape index (κ3) is 2.69. The number of nitrogens with one attached hydrogen (secondary N) is 1. The van der Waals surface area contributed by atoms with Crippen LogP contribution in [0.4, 0.5) is 0 Å². The molecule has 0 radical (unpaired) electrons. The molecule has 1 unspecified atom stereocenters. The van der Waals surface area contributed by atoms with Crippen molar-refractivity contribution in [1.82, 2.24) is 5.32 Å². The maximum Gasteiger partial charge on any atom is 0.0598 e. The minimum Gasteiger partial charge on any atom is -0.306 e. The molecule has 0 aromatic carbocycles. The van der Waals surface area contributed by atoms with Gasteiger partial charge in [0.15, 0.2) is 0 Å². The van der Waals surface area contributed by atoms with Crippen molar-refractivity contribution < 1.29 is 0 Å². The van der Waals surface area contributed by atoms with Gasteiger partial charge in [0.05, 0.1) is 6.04 Å². The van der Waals surface area contributed by atoms with E-state index in [1.54, 1.807) is 0 Å². The molecule has 1 heterocycles. The minimum absolute atomic E-state index is 0.326. The molecule has 0 saturated heterocycles. The molecule has 0 aliphatic heterocycles. The molecule has 0 amide bonds. The Morgan fingerprint density at radius 1 is 1.57 bits per heavy atom. The van der Waals surface area contributed by atoms with Crippen LogP contribution in [0.5, 0.6) is 0 Å². The van der Waals surface area contributed by atoms with Gasteiger partial charge in [-0.15, -0.1) is 17.9 Å². The molecule has 0 saturated carbocycles. The summed E-state index contributed by atoms with van der Waals surface area (Å²) in [5, 5.41) is 3.47. The molecule has 1 aromatic rings. The van der Waals surface area contributed by atoms with Gasteiger partial charge in [0.2, 0.25) is 0 Å². The molecule has 14 heavy (non-hydrogen) atoms. The Kier molecular flexibility index (Phi) is 4.36. The summed E-state index contributed by atoms with van der Waals surface area (Å²) in [6.07, 6.45) is 3.15. The van der Waals surface area contributed by atoms with Crippen LogP contribution in [0, 0.1) is 13.8 Å². The smallest absolute Gasteiger partial charge is 0.0598 e. The first-order valence-electron chi connectivity index (χ1n) is 5.12. The molecule has 1 nitrogen and oxygen atoms in total. The molecule has 1 aromatic heterocycles. The van der Waals surface area contributed by atoms with E-state index in [1.165, 1.54) is 15.3 Å². The summed E-state index contributed by atoms with van der Waals surface area (Å²) in [5.74, 6) is 0. The highest BCUT2D eigenvalue weighted by molar-refractivity contribution is 7.12. The Labute approximate surface area is 90.9 Å². The quantitative estimate of drug-likeness (QED) is 0.731. The molecular formula is C12H19NS. The van der Waals surface area contributed by atoms with Crippen LogP contribution in [0.3, 0.4) is 0 Å². The summed E-state index contributed by atoms with van der Waals surface area (Å²) in [4.78, 5) is 2.79. The topological polar surface area (TPSA) is 12.0 Å². The molecule has 0 spiro atoms. The first-order valence-corrected chi connectivity index (χ1v) is 5.93. The van der Waals surface area contributed by atoms with E-state index in [2.05, 4.69) is 38.7 Å². The van der Waals surface area contributed by atoms with Gasteiger partial charge in [-0.1, -0.05) is 13.0 Å². The maximum atomic E-state index is 3.87. The highest BCUT2D eigenvalue weighted by Gasteiger charge is 2.09. The Morgan fingerprint density at radius 2 is 2.29 bits per heavy atom. The molecule has 2 heteroatoms. The summed E-state index contributed by atoms with van der Waals surface area (Å²) in [6.45, 7) is 11.4. The van der Waals surface area contributed by atoms with Crippen LogP contribution < -0.4 is 5.32 Å². The molecule has 1 rings (SSSR count). The standard InChI is InChI=1S/C12H19NS/c1-5-7-13-11(6-2)12-8-9(3)10(4)14-12/h6,8,11,13H,2,5,7H2,1,3-4H3. The predicted molar refractivity (Wildman–Crippen MR) is 65.0 cm³/mol. The Hall–Kier alpha value is -0.600. The van der Waals surface area contributed by atoms with Gasteiger partial charge in [0.25, 0.3) is 0 Å². The Bertz CT molecular complexity index is 282. The van der Waals surface area contributed by atoms with E-state index < -0.39 is 0 Å². The number of aryl methyl sites for hydroxylation is 2. The predicted octanol–water partition coefficient (Wildman–Crippen LogP) is 3.59. The molecule has 0 aliphatic rings. The monoisotopic (exact) mass is 209 g/mol. The third-order valence-electron chi connectivity index (χ3n) is 2.34. The zero-order chi connectivity index (χ0) is 10.6. The largest absolute Gasteiger partial charge is 0.306 e. The van der Waals surface area contributed by atoms with Crippen molar-refractivity contribution in [2.45, 2.75) is 33.2 Å². The number of thiophene rings is 1. The fourth-order valence-corrected chi connectivity index (χ4v) is 2.47. The van der Waals surface area contributed by atoms with E-state index in [4.69, 9.17) is 0 Å². The molecule has 0 aliphatic carbocycles. The second-order valence-corrected chi connectivity index (χ2v) is 4.84. The van der Waals surface area contributed by atoms with Crippen molar-refractivity contribution in [3.63, 3.8) is 0 Å². The van der Waals surface area contributed by atoms with Gasteiger partial charge in [-0.2, -0.15) is 0 Å². The first kappa shape index (κ1) is 11.5. The summed E-state index contributed by atoms with van der Waals surface area (Å²) in [6, 6.07) is 2.59. The van der Waals surface area contributed by atoms with Crippen molar-refractivity contribution in [2.24, 2.45) is 0 Å². The summed E-state index contributed by atoms with van der Waals surface area (Å²) >= 11 is 1.86. The minimum atomic E-state index is 0.326. The summed E-state index contributed by atoms with van der Waals surface area (Å²) in [5.41, 5.74) is 1.38. The zero-order valence-corrected chi connectivity index (χ0v) is 10.1. The average Bonchev–Trinajstić information content (AvgIpc) is 2.48. The van der Waals surface area contributed by atoms with Crippen molar-refractivity contribution in [3.05, 3.63) is 34.0 Å². The first-order chi connectivity index (χ1) is 6.69. The molecule has 0 fully saturated rings. The third-order valence-corrected chi connectivity index (χ3v) is 3.58. The van der Waals surface area contributed by atoms with E-state index >= 15 is 0 Å². The summed E-state index contributed by atoms with van der Waals surface area (Å²) < 4.78 is 0. The van der Waals surface area contributed by atoms with Crippen LogP contribution in [0.25, 0.3) is 0 Å². The van der Waals surface area contributed by atoms with Gasteiger partial charge in [-0.05, 0) is 38.4 Å². The maximum absolute atomic E-state index is 3.87. The molecule has 1 N–H and O–H groups in total. The van der Waals surface area contributed by atoms with Gasteiger partial charge in [-0.25, -0.2) is 0 Å². The highest BCUT2D eigenvalue weighted by atomic mass is 32.1. The fraction of sp³-hybridized carbons (Fsp3) is 0.500. The van der Waals surface area contributed by atoms with E-state index in [9.17, 15) is 0 Å². The van der Waals surface area contributed by atoms with E-state index in [0.717, 1.165) is 13.0 Å². The van der Waals surface area contributed by atoms with Crippen LogP contribution in [-0.4, -0.2) is 6.54 Å². The van der Waals surface area contributed by atoms with Crippen LogP contribution in [0.15, 0.2) is 18.7 Å². The molecule has 0 bridgehead atoms. The fourth-order valence-electron chi connectivity index (χ4n) is 1.35. The van der Waals surface area contributed by atoms with Crippen LogP contribution in [-0.2, 0) is 0 Å². The van der Waals surface area contributed by atoms with Gasteiger partial charge < -0.3 is 5.32 Å². The number of hydrogen-bond acceptors (Lipinski definition) is 2. The highest BCUT2D eigenvalue weighted by Crippen LogP contribution is 2.26. The van der Waals surface area contributed by atoms with Gasteiger partial charge in [0, 0.05) is 9.75 Å². The van der Waals surface area contributed by atoms with Crippen LogP contribution in [0.2, 0.25) is 0 Å². The van der Waals surface area contributed by atoms with E-state index in [1.807, 2.05) is 17.4 Å². The van der Waals surface area contributed by atoms with Gasteiger partial charge in [-0.3, -0.25) is 0 Å². The van der Waals surface area contributed by atoms with E-state index in [-0.39, 0.29) is 0 Å². The van der Waals surface area contributed by atoms with E-state index in [0.29, 0.717) is 6.04 Å². The second-order valence-electron chi connectivity index (χ2n) is 3.56. The average molecular weight is 209 g/mol. The SMILES string of the molecule is C=CC(NCCC)c1cc(C)c(C)s1. The Morgan fingerprint density at radius 3 is 2.71 bits per heavy atom. The lowest BCUT2D eigenvalue weighted by Gasteiger charge is -2.11. The lowest BCUT2D eigenvalue weighted by Crippen LogP contribution is -2.19. The molecular weight excluding hydrogens is 190 g/mol. The van der Waals surface area contributed by atoms with Crippen molar-refractivity contribution in [1.29, 1.82) is 0 Å². The lowest BCUT2D eigenvalue weighted by molar-refractivity contribution is 0.620. The molecule has 1 atom stereocenters. The van der Waals surface area contributed by atoms with Gasteiger partial charge in [0.1, 0.15) is 0 Å². The number of hydrogen-bond donors (Lipinski definition) is 1. The summed E-state index contributed by atoms with van der Waals surface area (Å²) in [7, 11) is 0. The van der Waals surface area contributed by atoms with Crippen molar-refractivity contribution >= 4 is 11.3 Å². The molecule has 78 valence electrons.